The molecule has 14 heavy (non-hydrogen) atoms. The second-order valence-corrected chi connectivity index (χ2v) is 3.28. The molecule has 5 heteroatoms. The highest BCUT2D eigenvalue weighted by atomic mass is 16.5. The van der Waals surface area contributed by atoms with Crippen LogP contribution in [0.15, 0.2) is 10.9 Å². The van der Waals surface area contributed by atoms with E-state index in [2.05, 4.69) is 15.1 Å². The molecule has 2 aromatic heterocycles. The zero-order valence-corrected chi connectivity index (χ0v) is 8.48. The Kier molecular flexibility index (Phi) is 2.07. The lowest BCUT2D eigenvalue weighted by atomic mass is 10.4. The van der Waals surface area contributed by atoms with Crippen LogP contribution >= 0.6 is 0 Å². The summed E-state index contributed by atoms with van der Waals surface area (Å²) < 4.78 is 7.01. The highest BCUT2D eigenvalue weighted by molar-refractivity contribution is 5.09. The average Bonchev–Trinajstić information content (AvgIpc) is 2.67. The van der Waals surface area contributed by atoms with Crippen LogP contribution in [0.5, 0.6) is 0 Å². The monoisotopic (exact) mass is 192 g/mol. The van der Waals surface area contributed by atoms with Crippen LogP contribution in [0.3, 0.4) is 0 Å². The number of aromatic nitrogens is 4. The van der Waals surface area contributed by atoms with Crippen molar-refractivity contribution in [3.63, 3.8) is 0 Å². The van der Waals surface area contributed by atoms with Gasteiger partial charge in [-0.3, -0.25) is 0 Å². The predicted molar refractivity (Wildman–Crippen MR) is 49.8 cm³/mol. The number of imidazole rings is 1. The molecule has 0 aliphatic heterocycles. The first kappa shape index (κ1) is 8.93. The maximum absolute atomic E-state index is 5.02. The van der Waals surface area contributed by atoms with Crippen molar-refractivity contribution >= 4 is 0 Å². The van der Waals surface area contributed by atoms with Gasteiger partial charge in [0, 0.05) is 5.69 Å². The number of nitrogens with zero attached hydrogens (tertiary/aromatic N) is 4. The summed E-state index contributed by atoms with van der Waals surface area (Å²) in [5, 5.41) is 3.73. The van der Waals surface area contributed by atoms with Crippen molar-refractivity contribution in [2.45, 2.75) is 27.3 Å². The fourth-order valence-electron chi connectivity index (χ4n) is 1.25. The molecule has 0 amide bonds. The van der Waals surface area contributed by atoms with Gasteiger partial charge in [-0.05, 0) is 20.8 Å². The first-order chi connectivity index (χ1) is 6.66. The second-order valence-electron chi connectivity index (χ2n) is 3.28. The molecule has 2 rings (SSSR count). The Bertz CT molecular complexity index is 443. The maximum Gasteiger partial charge on any atom is 0.246 e. The fourth-order valence-corrected chi connectivity index (χ4v) is 1.25. The van der Waals surface area contributed by atoms with Gasteiger partial charge in [0.05, 0.1) is 12.0 Å². The molecule has 5 nitrogen and oxygen atoms in total. The summed E-state index contributed by atoms with van der Waals surface area (Å²) in [5.74, 6) is 1.28. The SMILES string of the molecule is Cc1noc(Cn2cnc(C)c2C)n1. The van der Waals surface area contributed by atoms with Gasteiger partial charge in [-0.2, -0.15) is 4.98 Å². The van der Waals surface area contributed by atoms with Gasteiger partial charge in [0.2, 0.25) is 5.89 Å². The van der Waals surface area contributed by atoms with Crippen LogP contribution < -0.4 is 0 Å². The Balaban J connectivity index is 2.22. The summed E-state index contributed by atoms with van der Waals surface area (Å²) in [6, 6.07) is 0. The first-order valence-electron chi connectivity index (χ1n) is 4.44. The summed E-state index contributed by atoms with van der Waals surface area (Å²) in [6.07, 6.45) is 1.78. The van der Waals surface area contributed by atoms with E-state index in [1.54, 1.807) is 13.3 Å². The van der Waals surface area contributed by atoms with Gasteiger partial charge in [0.1, 0.15) is 6.54 Å². The molecule has 0 unspecified atom stereocenters. The van der Waals surface area contributed by atoms with Crippen molar-refractivity contribution in [3.05, 3.63) is 29.4 Å². The van der Waals surface area contributed by atoms with Crippen LogP contribution in [-0.2, 0) is 6.54 Å². The Labute approximate surface area is 81.8 Å². The standard InChI is InChI=1S/C9H12N4O/c1-6-7(2)13(5-10-6)4-9-11-8(3)12-14-9/h5H,4H2,1-3H3. The molecule has 2 heterocycles. The minimum Gasteiger partial charge on any atom is -0.337 e. The van der Waals surface area contributed by atoms with Crippen LogP contribution in [0.1, 0.15) is 23.1 Å². The molecule has 0 aliphatic carbocycles. The van der Waals surface area contributed by atoms with Crippen molar-refractivity contribution in [2.24, 2.45) is 0 Å². The molecule has 74 valence electrons. The Morgan fingerprint density at radius 2 is 2.14 bits per heavy atom. The number of hydrogen-bond acceptors (Lipinski definition) is 4. The number of hydrogen-bond donors (Lipinski definition) is 0. The predicted octanol–water partition coefficient (Wildman–Crippen LogP) is 1.24. The van der Waals surface area contributed by atoms with E-state index in [0.717, 1.165) is 11.4 Å². The average molecular weight is 192 g/mol. The molecule has 0 atom stereocenters. The molecule has 0 bridgehead atoms. The third kappa shape index (κ3) is 1.53. The van der Waals surface area contributed by atoms with E-state index in [0.29, 0.717) is 18.3 Å². The zero-order chi connectivity index (χ0) is 10.1. The third-order valence-electron chi connectivity index (χ3n) is 2.22. The van der Waals surface area contributed by atoms with E-state index in [1.165, 1.54) is 0 Å². The Hall–Kier alpha value is -1.65. The van der Waals surface area contributed by atoms with Gasteiger partial charge < -0.3 is 9.09 Å². The van der Waals surface area contributed by atoms with Gasteiger partial charge in [-0.25, -0.2) is 4.98 Å². The van der Waals surface area contributed by atoms with Crippen LogP contribution in [0, 0.1) is 20.8 Å². The number of rotatable bonds is 2. The summed E-state index contributed by atoms with van der Waals surface area (Å²) in [6.45, 7) is 6.39. The van der Waals surface area contributed by atoms with Gasteiger partial charge in [0.15, 0.2) is 5.82 Å². The smallest absolute Gasteiger partial charge is 0.246 e. The van der Waals surface area contributed by atoms with Gasteiger partial charge >= 0.3 is 0 Å². The molecule has 2 aromatic rings. The van der Waals surface area contributed by atoms with Gasteiger partial charge in [-0.1, -0.05) is 5.16 Å². The molecule has 0 saturated carbocycles. The van der Waals surface area contributed by atoms with Crippen LogP contribution in [0.4, 0.5) is 0 Å². The van der Waals surface area contributed by atoms with Gasteiger partial charge in [0.25, 0.3) is 0 Å². The van der Waals surface area contributed by atoms with Gasteiger partial charge in [-0.15, -0.1) is 0 Å². The molecule has 0 aliphatic rings. The quantitative estimate of drug-likeness (QED) is 0.718. The highest BCUT2D eigenvalue weighted by Gasteiger charge is 2.07. The highest BCUT2D eigenvalue weighted by Crippen LogP contribution is 2.07. The Morgan fingerprint density at radius 3 is 2.64 bits per heavy atom. The number of aryl methyl sites for hydroxylation is 2. The molecule has 0 saturated heterocycles. The fraction of sp³-hybridized carbons (Fsp3) is 0.444. The first-order valence-corrected chi connectivity index (χ1v) is 4.44. The van der Waals surface area contributed by atoms with E-state index < -0.39 is 0 Å². The molecular formula is C9H12N4O. The molecular weight excluding hydrogens is 180 g/mol. The topological polar surface area (TPSA) is 56.7 Å². The van der Waals surface area contributed by atoms with E-state index in [1.807, 2.05) is 18.4 Å². The molecule has 0 aromatic carbocycles. The zero-order valence-electron chi connectivity index (χ0n) is 8.48. The van der Waals surface area contributed by atoms with Crippen molar-refractivity contribution in [2.75, 3.05) is 0 Å². The van der Waals surface area contributed by atoms with Crippen molar-refractivity contribution in [1.29, 1.82) is 0 Å². The van der Waals surface area contributed by atoms with Crippen molar-refractivity contribution in [3.8, 4) is 0 Å². The van der Waals surface area contributed by atoms with Crippen molar-refractivity contribution < 1.29 is 4.52 Å². The van der Waals surface area contributed by atoms with Crippen LogP contribution in [-0.4, -0.2) is 19.7 Å². The summed E-state index contributed by atoms with van der Waals surface area (Å²) in [4.78, 5) is 8.32. The summed E-state index contributed by atoms with van der Waals surface area (Å²) in [7, 11) is 0. The lowest BCUT2D eigenvalue weighted by molar-refractivity contribution is 0.367. The lowest BCUT2D eigenvalue weighted by Gasteiger charge is -1.99. The molecule has 0 spiro atoms. The molecule has 0 radical (unpaired) electrons. The molecule has 0 fully saturated rings. The van der Waals surface area contributed by atoms with E-state index >= 15 is 0 Å². The molecule has 0 N–H and O–H groups in total. The minimum absolute atomic E-state index is 0.591. The third-order valence-corrected chi connectivity index (χ3v) is 2.22. The summed E-state index contributed by atoms with van der Waals surface area (Å²) in [5.41, 5.74) is 2.15. The van der Waals surface area contributed by atoms with Crippen molar-refractivity contribution in [1.82, 2.24) is 19.7 Å². The van der Waals surface area contributed by atoms with E-state index in [-0.39, 0.29) is 0 Å². The largest absolute Gasteiger partial charge is 0.337 e. The van der Waals surface area contributed by atoms with E-state index in [4.69, 9.17) is 4.52 Å². The summed E-state index contributed by atoms with van der Waals surface area (Å²) >= 11 is 0. The van der Waals surface area contributed by atoms with Crippen LogP contribution in [0.25, 0.3) is 0 Å². The minimum atomic E-state index is 0.591. The Morgan fingerprint density at radius 1 is 1.36 bits per heavy atom. The maximum atomic E-state index is 5.02. The second kappa shape index (κ2) is 3.25. The lowest BCUT2D eigenvalue weighted by Crippen LogP contribution is -2.00. The van der Waals surface area contributed by atoms with Crippen LogP contribution in [0.2, 0.25) is 0 Å². The normalized spacial score (nSPS) is 10.8. The van der Waals surface area contributed by atoms with E-state index in [9.17, 15) is 0 Å².